The van der Waals surface area contributed by atoms with Gasteiger partial charge in [0, 0.05) is 18.4 Å². The average molecular weight is 259 g/mol. The van der Waals surface area contributed by atoms with Crippen LogP contribution in [0.15, 0.2) is 0 Å². The molecule has 1 fully saturated rings. The largest absolute Gasteiger partial charge is 0.304 e. The van der Waals surface area contributed by atoms with Crippen molar-refractivity contribution in [3.63, 3.8) is 0 Å². The maximum absolute atomic E-state index is 8.72. The second-order valence-electron chi connectivity index (χ2n) is 4.71. The number of nitriles is 1. The van der Waals surface area contributed by atoms with E-state index in [-0.39, 0.29) is 5.92 Å². The molecule has 1 saturated carbocycles. The van der Waals surface area contributed by atoms with E-state index in [0.717, 1.165) is 18.4 Å². The van der Waals surface area contributed by atoms with Gasteiger partial charge in [0.15, 0.2) is 0 Å². The second-order valence-corrected chi connectivity index (χ2v) is 5.27. The average Bonchev–Trinajstić information content (AvgIpc) is 2.11. The molecule has 2 nitrogen and oxygen atoms in total. The van der Waals surface area contributed by atoms with Gasteiger partial charge >= 0.3 is 0 Å². The molecule has 0 spiro atoms. The van der Waals surface area contributed by atoms with Crippen molar-refractivity contribution in [1.29, 1.82) is 5.26 Å². The summed E-state index contributed by atoms with van der Waals surface area (Å²) in [6.45, 7) is 4.01. The maximum Gasteiger partial charge on any atom is 0.0666 e. The SMILES string of the molecule is CC(C#N)CN(C)CC1(CBr)CCC1. The molecule has 14 heavy (non-hydrogen) atoms. The lowest BCUT2D eigenvalue weighted by Gasteiger charge is -2.43. The van der Waals surface area contributed by atoms with Crippen molar-refractivity contribution in [2.75, 3.05) is 25.5 Å². The Balaban J connectivity index is 2.32. The molecule has 0 aliphatic heterocycles. The highest BCUT2D eigenvalue weighted by molar-refractivity contribution is 9.09. The molecule has 0 aromatic rings. The zero-order chi connectivity index (χ0) is 10.6. The Kier molecular flexibility index (Phi) is 4.40. The predicted molar refractivity (Wildman–Crippen MR) is 62.4 cm³/mol. The van der Waals surface area contributed by atoms with E-state index >= 15 is 0 Å². The molecule has 1 unspecified atom stereocenters. The third-order valence-corrected chi connectivity index (χ3v) is 4.30. The Morgan fingerprint density at radius 2 is 2.21 bits per heavy atom. The third-order valence-electron chi connectivity index (χ3n) is 3.11. The highest BCUT2D eigenvalue weighted by atomic mass is 79.9. The summed E-state index contributed by atoms with van der Waals surface area (Å²) in [5.41, 5.74) is 0.504. The second kappa shape index (κ2) is 5.14. The van der Waals surface area contributed by atoms with Crippen LogP contribution in [-0.4, -0.2) is 30.4 Å². The topological polar surface area (TPSA) is 27.0 Å². The van der Waals surface area contributed by atoms with Crippen LogP contribution >= 0.6 is 15.9 Å². The molecule has 1 atom stereocenters. The van der Waals surface area contributed by atoms with Gasteiger partial charge in [0.2, 0.25) is 0 Å². The Morgan fingerprint density at radius 1 is 1.57 bits per heavy atom. The lowest BCUT2D eigenvalue weighted by molar-refractivity contribution is 0.102. The van der Waals surface area contributed by atoms with E-state index < -0.39 is 0 Å². The molecular formula is C11H19BrN2. The highest BCUT2D eigenvalue weighted by Gasteiger charge is 2.36. The van der Waals surface area contributed by atoms with E-state index in [1.165, 1.54) is 19.3 Å². The minimum absolute atomic E-state index is 0.146. The van der Waals surface area contributed by atoms with Crippen LogP contribution in [0, 0.1) is 22.7 Å². The van der Waals surface area contributed by atoms with Crippen LogP contribution in [0.4, 0.5) is 0 Å². The van der Waals surface area contributed by atoms with Gasteiger partial charge in [0.25, 0.3) is 0 Å². The first kappa shape index (κ1) is 12.0. The van der Waals surface area contributed by atoms with Gasteiger partial charge in [-0.2, -0.15) is 5.26 Å². The zero-order valence-corrected chi connectivity index (χ0v) is 10.7. The fourth-order valence-corrected chi connectivity index (χ4v) is 2.89. The fraction of sp³-hybridized carbons (Fsp3) is 0.909. The van der Waals surface area contributed by atoms with Crippen molar-refractivity contribution >= 4 is 15.9 Å². The van der Waals surface area contributed by atoms with Crippen LogP contribution < -0.4 is 0 Å². The molecule has 3 heteroatoms. The number of hydrogen-bond acceptors (Lipinski definition) is 2. The molecule has 0 aromatic carbocycles. The minimum Gasteiger partial charge on any atom is -0.304 e. The molecule has 1 rings (SSSR count). The van der Waals surface area contributed by atoms with E-state index in [9.17, 15) is 0 Å². The van der Waals surface area contributed by atoms with Gasteiger partial charge in [0.05, 0.1) is 12.0 Å². The van der Waals surface area contributed by atoms with E-state index in [1.54, 1.807) is 0 Å². The molecule has 0 heterocycles. The molecule has 0 aromatic heterocycles. The quantitative estimate of drug-likeness (QED) is 0.710. The molecule has 0 N–H and O–H groups in total. The van der Waals surface area contributed by atoms with Gasteiger partial charge in [-0.1, -0.05) is 22.4 Å². The van der Waals surface area contributed by atoms with E-state index in [4.69, 9.17) is 5.26 Å². The fourth-order valence-electron chi connectivity index (χ4n) is 2.16. The molecule has 0 saturated heterocycles. The smallest absolute Gasteiger partial charge is 0.0666 e. The molecule has 80 valence electrons. The number of hydrogen-bond donors (Lipinski definition) is 0. The molecule has 0 radical (unpaired) electrons. The molecular weight excluding hydrogens is 240 g/mol. The number of halogens is 1. The lowest BCUT2D eigenvalue weighted by atomic mass is 9.70. The summed E-state index contributed by atoms with van der Waals surface area (Å²) in [5, 5.41) is 9.83. The first-order chi connectivity index (χ1) is 6.62. The summed E-state index contributed by atoms with van der Waals surface area (Å²) in [5.74, 6) is 0.146. The van der Waals surface area contributed by atoms with Gasteiger partial charge in [-0.05, 0) is 32.2 Å². The summed E-state index contributed by atoms with van der Waals surface area (Å²) in [7, 11) is 2.12. The van der Waals surface area contributed by atoms with Gasteiger partial charge in [-0.25, -0.2) is 0 Å². The Labute approximate surface area is 95.4 Å². The van der Waals surface area contributed by atoms with E-state index in [2.05, 4.69) is 33.9 Å². The van der Waals surface area contributed by atoms with E-state index in [1.807, 2.05) is 6.92 Å². The standard InChI is InChI=1S/C11H19BrN2/c1-10(6-13)7-14(2)9-11(8-12)4-3-5-11/h10H,3-5,7-9H2,1-2H3. The summed E-state index contributed by atoms with van der Waals surface area (Å²) in [6, 6.07) is 2.28. The van der Waals surface area contributed by atoms with Gasteiger partial charge in [-0.3, -0.25) is 0 Å². The maximum atomic E-state index is 8.72. The van der Waals surface area contributed by atoms with Crippen LogP contribution in [0.3, 0.4) is 0 Å². The van der Waals surface area contributed by atoms with Crippen molar-refractivity contribution in [2.24, 2.45) is 11.3 Å². The van der Waals surface area contributed by atoms with Crippen LogP contribution in [0.25, 0.3) is 0 Å². The van der Waals surface area contributed by atoms with Gasteiger partial charge < -0.3 is 4.90 Å². The van der Waals surface area contributed by atoms with Crippen molar-refractivity contribution in [3.8, 4) is 6.07 Å². The minimum atomic E-state index is 0.146. The molecule has 0 amide bonds. The van der Waals surface area contributed by atoms with Gasteiger partial charge in [0.1, 0.15) is 0 Å². The van der Waals surface area contributed by atoms with Crippen LogP contribution in [0.2, 0.25) is 0 Å². The Morgan fingerprint density at radius 3 is 2.57 bits per heavy atom. The van der Waals surface area contributed by atoms with Crippen LogP contribution in [0.5, 0.6) is 0 Å². The highest BCUT2D eigenvalue weighted by Crippen LogP contribution is 2.42. The Hall–Kier alpha value is -0.0700. The molecule has 1 aliphatic rings. The zero-order valence-electron chi connectivity index (χ0n) is 9.09. The monoisotopic (exact) mass is 258 g/mol. The van der Waals surface area contributed by atoms with Crippen molar-refractivity contribution in [3.05, 3.63) is 0 Å². The third kappa shape index (κ3) is 2.96. The number of alkyl halides is 1. The van der Waals surface area contributed by atoms with Crippen molar-refractivity contribution < 1.29 is 0 Å². The molecule has 1 aliphatic carbocycles. The first-order valence-corrected chi connectivity index (χ1v) is 6.38. The lowest BCUT2D eigenvalue weighted by Crippen LogP contribution is -2.43. The first-order valence-electron chi connectivity index (χ1n) is 5.26. The summed E-state index contributed by atoms with van der Waals surface area (Å²) in [4.78, 5) is 2.30. The predicted octanol–water partition coefficient (Wildman–Crippen LogP) is 2.64. The summed E-state index contributed by atoms with van der Waals surface area (Å²) < 4.78 is 0. The van der Waals surface area contributed by atoms with E-state index in [0.29, 0.717) is 5.41 Å². The van der Waals surface area contributed by atoms with Crippen LogP contribution in [-0.2, 0) is 0 Å². The van der Waals surface area contributed by atoms with Crippen LogP contribution in [0.1, 0.15) is 26.2 Å². The van der Waals surface area contributed by atoms with Crippen molar-refractivity contribution in [1.82, 2.24) is 4.90 Å². The number of rotatable bonds is 5. The molecule has 0 bridgehead atoms. The van der Waals surface area contributed by atoms with Gasteiger partial charge in [-0.15, -0.1) is 0 Å². The summed E-state index contributed by atoms with van der Waals surface area (Å²) >= 11 is 3.60. The van der Waals surface area contributed by atoms with Crippen molar-refractivity contribution in [2.45, 2.75) is 26.2 Å². The Bertz CT molecular complexity index is 212. The number of nitrogens with zero attached hydrogens (tertiary/aromatic N) is 2. The normalized spacial score (nSPS) is 21.4. The summed E-state index contributed by atoms with van der Waals surface area (Å²) in [6.07, 6.45) is 4.04.